The maximum absolute atomic E-state index is 15.2. The molecule has 2 aromatic rings. The number of allylic oxidation sites excluding steroid dienone is 2. The minimum Gasteiger partial charge on any atom is -0.352 e. The number of para-hydroxylation sites is 1. The van der Waals surface area contributed by atoms with Crippen molar-refractivity contribution in [2.45, 2.75) is 58.8 Å². The van der Waals surface area contributed by atoms with Gasteiger partial charge in [-0.1, -0.05) is 61.8 Å². The van der Waals surface area contributed by atoms with Crippen LogP contribution in [0, 0.1) is 10.8 Å². The average Bonchev–Trinajstić information content (AvgIpc) is 3.02. The van der Waals surface area contributed by atoms with Crippen molar-refractivity contribution in [3.8, 4) is 0 Å². The number of nitrogens with one attached hydrogen (secondary N) is 1. The van der Waals surface area contributed by atoms with Crippen molar-refractivity contribution in [2.75, 3.05) is 10.2 Å². The summed E-state index contributed by atoms with van der Waals surface area (Å²) in [5.41, 5.74) is 2.50. The van der Waals surface area contributed by atoms with Gasteiger partial charge in [-0.3, -0.25) is 19.3 Å². The minimum atomic E-state index is -1.36. The highest BCUT2D eigenvalue weighted by atomic mass is 79.9. The predicted molar refractivity (Wildman–Crippen MR) is 159 cm³/mol. The van der Waals surface area contributed by atoms with Crippen molar-refractivity contribution in [1.82, 2.24) is 0 Å². The van der Waals surface area contributed by atoms with Gasteiger partial charge in [0.1, 0.15) is 5.41 Å². The molecule has 0 radical (unpaired) electrons. The molecule has 4 aliphatic rings. The van der Waals surface area contributed by atoms with E-state index in [0.29, 0.717) is 48.3 Å². The first-order valence-corrected chi connectivity index (χ1v) is 15.0. The molecule has 196 valence electrons. The van der Waals surface area contributed by atoms with E-state index in [2.05, 4.69) is 80.8 Å². The molecule has 2 aromatic carbocycles. The maximum Gasteiger partial charge on any atom is 0.251 e. The topological polar surface area (TPSA) is 66.5 Å². The van der Waals surface area contributed by atoms with Gasteiger partial charge in [0.05, 0.1) is 11.4 Å². The predicted octanol–water partition coefficient (Wildman–Crippen LogP) is 7.97. The third-order valence-corrected chi connectivity index (χ3v) is 9.81. The van der Waals surface area contributed by atoms with Gasteiger partial charge in [0.2, 0.25) is 0 Å². The Kier molecular flexibility index (Phi) is 5.85. The molecule has 1 N–H and O–H groups in total. The van der Waals surface area contributed by atoms with Crippen molar-refractivity contribution in [3.05, 3.63) is 77.9 Å². The SMILES string of the molecule is CC1(C)CC(=O)C2=C(C1)N(c1c(Br)cc(Br)cc1Br)C(=O)C21C2=C(Nc3ccccc31)C(=O)CC(C)(C)C2. The fourth-order valence-electron chi connectivity index (χ4n) is 6.82. The van der Waals surface area contributed by atoms with Crippen molar-refractivity contribution in [3.63, 3.8) is 0 Å². The summed E-state index contributed by atoms with van der Waals surface area (Å²) in [7, 11) is 0. The van der Waals surface area contributed by atoms with Crippen LogP contribution in [0.3, 0.4) is 0 Å². The molecule has 5 nitrogen and oxygen atoms in total. The smallest absolute Gasteiger partial charge is 0.251 e. The highest BCUT2D eigenvalue weighted by Gasteiger charge is 2.64. The van der Waals surface area contributed by atoms with Crippen LogP contribution >= 0.6 is 47.8 Å². The molecule has 2 aliphatic heterocycles. The molecule has 38 heavy (non-hydrogen) atoms. The number of halogens is 3. The van der Waals surface area contributed by atoms with E-state index in [4.69, 9.17) is 0 Å². The van der Waals surface area contributed by atoms with Gasteiger partial charge < -0.3 is 5.32 Å². The van der Waals surface area contributed by atoms with Crippen LogP contribution in [0.4, 0.5) is 11.4 Å². The molecule has 2 heterocycles. The zero-order valence-electron chi connectivity index (χ0n) is 21.6. The summed E-state index contributed by atoms with van der Waals surface area (Å²) in [6.07, 6.45) is 1.82. The number of Topliss-reactive ketones (excluding diaryl/α,β-unsaturated/α-hetero) is 2. The molecular formula is C30H27Br3N2O3. The lowest BCUT2D eigenvalue weighted by Gasteiger charge is -2.45. The van der Waals surface area contributed by atoms with E-state index in [-0.39, 0.29) is 28.3 Å². The van der Waals surface area contributed by atoms with Gasteiger partial charge in [-0.15, -0.1) is 0 Å². The number of fused-ring (bicyclic) bond motifs is 4. The molecule has 2 aliphatic carbocycles. The third-order valence-electron chi connectivity index (χ3n) is 8.15. The number of nitrogens with zero attached hydrogens (tertiary/aromatic N) is 1. The lowest BCUT2D eigenvalue weighted by atomic mass is 9.57. The number of carbonyl (C=O) groups excluding carboxylic acids is 3. The normalized spacial score (nSPS) is 25.4. The molecule has 1 atom stereocenters. The van der Waals surface area contributed by atoms with Gasteiger partial charge in [-0.05, 0) is 84.9 Å². The molecule has 0 fully saturated rings. The molecule has 8 heteroatoms. The second kappa shape index (κ2) is 8.48. The van der Waals surface area contributed by atoms with E-state index in [1.807, 2.05) is 36.4 Å². The Hall–Kier alpha value is -2.03. The van der Waals surface area contributed by atoms with E-state index < -0.39 is 5.41 Å². The first-order valence-electron chi connectivity index (χ1n) is 12.7. The first-order chi connectivity index (χ1) is 17.8. The molecular weight excluding hydrogens is 676 g/mol. The summed E-state index contributed by atoms with van der Waals surface area (Å²) in [4.78, 5) is 44.8. The van der Waals surface area contributed by atoms with Crippen molar-refractivity contribution in [1.29, 1.82) is 0 Å². The van der Waals surface area contributed by atoms with Crippen LogP contribution in [0.25, 0.3) is 0 Å². The lowest BCUT2D eigenvalue weighted by Crippen LogP contribution is -2.50. The van der Waals surface area contributed by atoms with Gasteiger partial charge in [0.15, 0.2) is 11.6 Å². The Bertz CT molecular complexity index is 1530. The summed E-state index contributed by atoms with van der Waals surface area (Å²) >= 11 is 10.9. The van der Waals surface area contributed by atoms with Crippen LogP contribution in [-0.2, 0) is 19.8 Å². The summed E-state index contributed by atoms with van der Waals surface area (Å²) < 4.78 is 2.30. The molecule has 1 unspecified atom stereocenters. The summed E-state index contributed by atoms with van der Waals surface area (Å²) in [5.74, 6) is -0.256. The van der Waals surface area contributed by atoms with Crippen LogP contribution in [-0.4, -0.2) is 17.5 Å². The van der Waals surface area contributed by atoms with Crippen LogP contribution < -0.4 is 10.2 Å². The van der Waals surface area contributed by atoms with Crippen LogP contribution in [0.1, 0.15) is 58.9 Å². The number of hydrogen-bond donors (Lipinski definition) is 1. The quantitative estimate of drug-likeness (QED) is 0.328. The maximum atomic E-state index is 15.2. The number of benzene rings is 2. The Morgan fingerprint density at radius 3 is 2.11 bits per heavy atom. The number of amides is 1. The molecule has 0 saturated heterocycles. The monoisotopic (exact) mass is 700 g/mol. The molecule has 0 aromatic heterocycles. The fourth-order valence-corrected chi connectivity index (χ4v) is 9.43. The Morgan fingerprint density at radius 2 is 1.42 bits per heavy atom. The number of rotatable bonds is 1. The first kappa shape index (κ1) is 26.2. The molecule has 0 saturated carbocycles. The standard InChI is InChI=1S/C30H27Br3N2O3/c1-28(2)11-17-25(23(37)14-28)34-20-8-6-5-7-16(20)30(17)24-21(12-29(3,4)13-22(24)36)35(27(30)38)26-18(32)9-15(31)10-19(26)33/h5-10,34H,11-14H2,1-4H3. The van der Waals surface area contributed by atoms with Crippen molar-refractivity contribution >= 4 is 76.6 Å². The highest BCUT2D eigenvalue weighted by molar-refractivity contribution is 9.11. The second-order valence-corrected chi connectivity index (χ2v) is 15.0. The van der Waals surface area contributed by atoms with Gasteiger partial charge in [0, 0.05) is 43.2 Å². The number of anilines is 2. The minimum absolute atomic E-state index is 0.0203. The van der Waals surface area contributed by atoms with E-state index in [0.717, 1.165) is 30.3 Å². The van der Waals surface area contributed by atoms with E-state index in [1.165, 1.54) is 0 Å². The van der Waals surface area contributed by atoms with E-state index in [9.17, 15) is 9.59 Å². The average molecular weight is 703 g/mol. The zero-order chi connectivity index (χ0) is 27.4. The molecule has 1 spiro atoms. The van der Waals surface area contributed by atoms with Crippen LogP contribution in [0.2, 0.25) is 0 Å². The summed E-state index contributed by atoms with van der Waals surface area (Å²) in [6.45, 7) is 8.26. The van der Waals surface area contributed by atoms with Crippen molar-refractivity contribution in [2.24, 2.45) is 10.8 Å². The fraction of sp³-hybridized carbons (Fsp3) is 0.367. The Labute approximate surface area is 247 Å². The van der Waals surface area contributed by atoms with Gasteiger partial charge in [-0.2, -0.15) is 0 Å². The number of hydrogen-bond acceptors (Lipinski definition) is 4. The third kappa shape index (κ3) is 3.62. The highest BCUT2D eigenvalue weighted by Crippen LogP contribution is 2.62. The largest absolute Gasteiger partial charge is 0.352 e. The summed E-state index contributed by atoms with van der Waals surface area (Å²) in [5, 5.41) is 3.37. The molecule has 1 amide bonds. The zero-order valence-corrected chi connectivity index (χ0v) is 26.4. The van der Waals surface area contributed by atoms with E-state index >= 15 is 4.79 Å². The number of ketones is 2. The molecule has 0 bridgehead atoms. The van der Waals surface area contributed by atoms with E-state index in [1.54, 1.807) is 4.90 Å². The Morgan fingerprint density at radius 1 is 0.816 bits per heavy atom. The Balaban J connectivity index is 1.75. The number of carbonyl (C=O) groups is 3. The summed E-state index contributed by atoms with van der Waals surface area (Å²) in [6, 6.07) is 11.4. The van der Waals surface area contributed by atoms with Gasteiger partial charge >= 0.3 is 0 Å². The van der Waals surface area contributed by atoms with Gasteiger partial charge in [-0.25, -0.2) is 0 Å². The molecule has 6 rings (SSSR count). The van der Waals surface area contributed by atoms with Crippen LogP contribution in [0.5, 0.6) is 0 Å². The van der Waals surface area contributed by atoms with Crippen molar-refractivity contribution < 1.29 is 14.4 Å². The van der Waals surface area contributed by atoms with Crippen LogP contribution in [0.15, 0.2) is 72.4 Å². The van der Waals surface area contributed by atoms with Gasteiger partial charge in [0.25, 0.3) is 5.91 Å². The second-order valence-electron chi connectivity index (χ2n) is 12.3. The lowest BCUT2D eigenvalue weighted by molar-refractivity contribution is -0.124.